The molecule has 2 aromatic rings. The van der Waals surface area contributed by atoms with E-state index in [1.165, 1.54) is 16.2 Å². The van der Waals surface area contributed by atoms with Gasteiger partial charge >= 0.3 is 0 Å². The lowest BCUT2D eigenvalue weighted by atomic mass is 9.94. The summed E-state index contributed by atoms with van der Waals surface area (Å²) in [6.45, 7) is 6.56. The Labute approximate surface area is 173 Å². The molecule has 9 heteroatoms. The van der Waals surface area contributed by atoms with Gasteiger partial charge in [0, 0.05) is 18.2 Å². The Morgan fingerprint density at radius 1 is 1.31 bits per heavy atom. The zero-order chi connectivity index (χ0) is 20.9. The number of nitrogens with zero attached hydrogens (tertiary/aromatic N) is 4. The van der Waals surface area contributed by atoms with Crippen LogP contribution in [-0.2, 0) is 34.3 Å². The average Bonchev–Trinajstić information content (AvgIpc) is 3.23. The number of carbonyl (C=O) groups is 2. The summed E-state index contributed by atoms with van der Waals surface area (Å²) in [7, 11) is 0. The fourth-order valence-electron chi connectivity index (χ4n) is 3.86. The largest absolute Gasteiger partial charge is 0.390 e. The van der Waals surface area contributed by atoms with Crippen LogP contribution in [0.2, 0.25) is 0 Å². The highest BCUT2D eigenvalue weighted by atomic mass is 32.1. The number of primary amides is 1. The van der Waals surface area contributed by atoms with Crippen LogP contribution in [0.25, 0.3) is 10.6 Å². The van der Waals surface area contributed by atoms with E-state index in [-0.39, 0.29) is 17.7 Å². The minimum atomic E-state index is -0.958. The van der Waals surface area contributed by atoms with E-state index in [2.05, 4.69) is 30.7 Å². The van der Waals surface area contributed by atoms with Crippen LogP contribution in [-0.4, -0.2) is 55.5 Å². The predicted molar refractivity (Wildman–Crippen MR) is 108 cm³/mol. The van der Waals surface area contributed by atoms with Gasteiger partial charge < -0.3 is 15.7 Å². The van der Waals surface area contributed by atoms with Crippen LogP contribution in [0, 0.1) is 0 Å². The van der Waals surface area contributed by atoms with E-state index in [9.17, 15) is 14.7 Å². The van der Waals surface area contributed by atoms with E-state index in [1.54, 1.807) is 0 Å². The maximum atomic E-state index is 12.8. The first kappa shape index (κ1) is 19.9. The van der Waals surface area contributed by atoms with Crippen molar-refractivity contribution in [3.05, 3.63) is 28.3 Å². The van der Waals surface area contributed by atoms with Crippen molar-refractivity contribution in [2.45, 2.75) is 64.0 Å². The molecule has 2 aliphatic rings. The number of carbonyl (C=O) groups excluding carboxylic acids is 2. The molecule has 1 aliphatic carbocycles. The molecule has 1 aliphatic heterocycles. The Bertz CT molecular complexity index is 981. The van der Waals surface area contributed by atoms with E-state index in [0.29, 0.717) is 18.0 Å². The molecular weight excluding hydrogens is 390 g/mol. The lowest BCUT2D eigenvalue weighted by Gasteiger charge is -2.23. The maximum absolute atomic E-state index is 12.8. The van der Waals surface area contributed by atoms with E-state index in [0.717, 1.165) is 40.5 Å². The zero-order valence-corrected chi connectivity index (χ0v) is 17.6. The highest BCUT2D eigenvalue weighted by Crippen LogP contribution is 2.37. The maximum Gasteiger partial charge on any atom is 0.242 e. The minimum absolute atomic E-state index is 0.0840. The van der Waals surface area contributed by atoms with Crippen molar-refractivity contribution >= 4 is 23.2 Å². The van der Waals surface area contributed by atoms with Crippen molar-refractivity contribution in [1.82, 2.24) is 19.9 Å². The monoisotopic (exact) mass is 415 g/mol. The van der Waals surface area contributed by atoms with Crippen molar-refractivity contribution in [1.29, 1.82) is 0 Å². The van der Waals surface area contributed by atoms with E-state index in [1.807, 2.05) is 6.20 Å². The van der Waals surface area contributed by atoms with Gasteiger partial charge in [-0.05, 0) is 24.8 Å². The third kappa shape index (κ3) is 3.64. The highest BCUT2D eigenvalue weighted by Gasteiger charge is 2.40. The molecule has 0 saturated carbocycles. The average molecular weight is 416 g/mol. The highest BCUT2D eigenvalue weighted by molar-refractivity contribution is 7.15. The van der Waals surface area contributed by atoms with Crippen molar-refractivity contribution in [3.8, 4) is 10.6 Å². The molecule has 2 atom stereocenters. The van der Waals surface area contributed by atoms with Crippen molar-refractivity contribution in [2.24, 2.45) is 5.73 Å². The Balaban J connectivity index is 1.60. The lowest BCUT2D eigenvalue weighted by Crippen LogP contribution is -2.48. The first-order chi connectivity index (χ1) is 13.6. The number of hydrogen-bond donors (Lipinski definition) is 2. The zero-order valence-electron chi connectivity index (χ0n) is 16.8. The normalized spacial score (nSPS) is 21.0. The van der Waals surface area contributed by atoms with Gasteiger partial charge in [0.1, 0.15) is 16.9 Å². The number of aliphatic hydroxyl groups excluding tert-OH is 1. The van der Waals surface area contributed by atoms with Gasteiger partial charge in [-0.25, -0.2) is 15.0 Å². The van der Waals surface area contributed by atoms with Gasteiger partial charge in [0.15, 0.2) is 0 Å². The third-order valence-electron chi connectivity index (χ3n) is 5.40. The van der Waals surface area contributed by atoms with E-state index < -0.39 is 18.1 Å². The van der Waals surface area contributed by atoms with Crippen molar-refractivity contribution in [3.63, 3.8) is 0 Å². The summed E-state index contributed by atoms with van der Waals surface area (Å²) in [5.74, 6) is -0.137. The van der Waals surface area contributed by atoms with Crippen LogP contribution in [0.4, 0.5) is 0 Å². The van der Waals surface area contributed by atoms with E-state index >= 15 is 0 Å². The van der Waals surface area contributed by atoms with Crippen LogP contribution in [0.1, 0.15) is 49.3 Å². The molecule has 0 spiro atoms. The molecule has 1 saturated heterocycles. The molecule has 3 N–H and O–H groups in total. The quantitative estimate of drug-likeness (QED) is 0.771. The van der Waals surface area contributed by atoms with Crippen molar-refractivity contribution in [2.75, 3.05) is 6.54 Å². The Morgan fingerprint density at radius 3 is 2.76 bits per heavy atom. The van der Waals surface area contributed by atoms with Crippen LogP contribution < -0.4 is 5.73 Å². The van der Waals surface area contributed by atoms with Gasteiger partial charge in [-0.15, -0.1) is 11.3 Å². The molecule has 2 amide bonds. The fraction of sp³-hybridized carbons (Fsp3) is 0.550. The second-order valence-electron chi connectivity index (χ2n) is 8.67. The molecule has 1 fully saturated rings. The number of nitrogens with two attached hydrogens (primary N) is 1. The number of aryl methyl sites for hydroxylation is 2. The standard InChI is InChI=1S/C20H25N5O3S/c1-20(2,3)19-22-9-10-4-5-11-17(15(10)24-19)29-13(23-11)8-14(27)25-7-6-12(26)16(25)18(21)28/h9,12,16,26H,4-8H2,1-3H3,(H2,21,28)/t12-,16+/m1/s1. The Hall–Kier alpha value is -2.39. The summed E-state index contributed by atoms with van der Waals surface area (Å²) < 4.78 is 0. The first-order valence-electron chi connectivity index (χ1n) is 9.77. The molecule has 2 aromatic heterocycles. The minimum Gasteiger partial charge on any atom is -0.390 e. The predicted octanol–water partition coefficient (Wildman–Crippen LogP) is 0.986. The molecule has 3 heterocycles. The molecule has 0 bridgehead atoms. The van der Waals surface area contributed by atoms with Crippen LogP contribution >= 0.6 is 11.3 Å². The third-order valence-corrected chi connectivity index (χ3v) is 6.51. The number of fused-ring (bicyclic) bond motifs is 3. The molecule has 0 aromatic carbocycles. The number of thiazole rings is 1. The summed E-state index contributed by atoms with van der Waals surface area (Å²) in [5.41, 5.74) is 8.18. The van der Waals surface area contributed by atoms with Gasteiger partial charge in [-0.3, -0.25) is 9.59 Å². The summed E-state index contributed by atoms with van der Waals surface area (Å²) in [5, 5.41) is 10.6. The topological polar surface area (TPSA) is 122 Å². The fourth-order valence-corrected chi connectivity index (χ4v) is 4.99. The Kier molecular flexibility index (Phi) is 4.90. The van der Waals surface area contributed by atoms with Gasteiger partial charge in [0.25, 0.3) is 0 Å². The molecule has 8 nitrogen and oxygen atoms in total. The molecule has 0 unspecified atom stereocenters. The number of rotatable bonds is 3. The molecule has 4 rings (SSSR count). The number of hydrogen-bond acceptors (Lipinski definition) is 7. The Morgan fingerprint density at radius 2 is 2.07 bits per heavy atom. The van der Waals surface area contributed by atoms with Gasteiger partial charge in [-0.1, -0.05) is 20.8 Å². The number of aliphatic hydroxyl groups is 1. The van der Waals surface area contributed by atoms with Gasteiger partial charge in [-0.2, -0.15) is 0 Å². The summed E-state index contributed by atoms with van der Waals surface area (Å²) in [4.78, 5) is 40.8. The molecule has 29 heavy (non-hydrogen) atoms. The van der Waals surface area contributed by atoms with Gasteiger partial charge in [0.2, 0.25) is 11.8 Å². The second kappa shape index (κ2) is 7.14. The van der Waals surface area contributed by atoms with Crippen LogP contribution in [0.15, 0.2) is 6.20 Å². The van der Waals surface area contributed by atoms with Gasteiger partial charge in [0.05, 0.1) is 28.8 Å². The second-order valence-corrected chi connectivity index (χ2v) is 9.75. The number of likely N-dealkylation sites (tertiary alicyclic amines) is 1. The SMILES string of the molecule is CC(C)(C)c1ncc2c(n1)-c1sc(CC(=O)N3CC[C@@H](O)[C@H]3C(N)=O)nc1CC2. The first-order valence-corrected chi connectivity index (χ1v) is 10.6. The molecule has 0 radical (unpaired) electrons. The number of amides is 2. The number of aromatic nitrogens is 3. The van der Waals surface area contributed by atoms with Crippen LogP contribution in [0.3, 0.4) is 0 Å². The molecular formula is C20H25N5O3S. The van der Waals surface area contributed by atoms with E-state index in [4.69, 9.17) is 10.7 Å². The molecule has 154 valence electrons. The lowest BCUT2D eigenvalue weighted by molar-refractivity contribution is -0.138. The van der Waals surface area contributed by atoms with Crippen molar-refractivity contribution < 1.29 is 14.7 Å². The summed E-state index contributed by atoms with van der Waals surface area (Å²) in [6.07, 6.45) is 3.05. The summed E-state index contributed by atoms with van der Waals surface area (Å²) in [6, 6.07) is -0.958. The van der Waals surface area contributed by atoms with Crippen LogP contribution in [0.5, 0.6) is 0 Å². The summed E-state index contributed by atoms with van der Waals surface area (Å²) >= 11 is 1.47. The smallest absolute Gasteiger partial charge is 0.242 e.